The quantitative estimate of drug-likeness (QED) is 0.724. The lowest BCUT2D eigenvalue weighted by Crippen LogP contribution is -2.11. The van der Waals surface area contributed by atoms with Crippen LogP contribution in [-0.2, 0) is 0 Å². The van der Waals surface area contributed by atoms with Gasteiger partial charge in [0.05, 0.1) is 6.61 Å². The molecule has 2 unspecified atom stereocenters. The van der Waals surface area contributed by atoms with E-state index in [0.29, 0.717) is 11.8 Å². The third-order valence-corrected chi connectivity index (χ3v) is 5.55. The van der Waals surface area contributed by atoms with Crippen LogP contribution in [0, 0.1) is 0 Å². The highest BCUT2D eigenvalue weighted by molar-refractivity contribution is 7.99. The van der Waals surface area contributed by atoms with Gasteiger partial charge in [-0.05, 0) is 35.6 Å². The van der Waals surface area contributed by atoms with Crippen molar-refractivity contribution in [2.75, 3.05) is 12.4 Å². The van der Waals surface area contributed by atoms with E-state index in [0.717, 1.165) is 24.5 Å². The van der Waals surface area contributed by atoms with E-state index in [2.05, 4.69) is 62.4 Å². The predicted octanol–water partition coefficient (Wildman–Crippen LogP) is 5.47. The number of benzene rings is 2. The summed E-state index contributed by atoms with van der Waals surface area (Å²) >= 11 is 1.95. The second-order valence-electron chi connectivity index (χ2n) is 5.70. The van der Waals surface area contributed by atoms with Crippen LogP contribution in [0.2, 0.25) is 0 Å². The predicted molar refractivity (Wildman–Crippen MR) is 90.6 cm³/mol. The van der Waals surface area contributed by atoms with E-state index < -0.39 is 0 Å². The lowest BCUT2D eigenvalue weighted by Gasteiger charge is -2.18. The fourth-order valence-corrected chi connectivity index (χ4v) is 4.03. The molecule has 0 aromatic heterocycles. The van der Waals surface area contributed by atoms with Gasteiger partial charge in [-0.25, -0.2) is 0 Å². The summed E-state index contributed by atoms with van der Waals surface area (Å²) < 4.78 is 6.19. The van der Waals surface area contributed by atoms with E-state index in [1.165, 1.54) is 16.0 Å². The molecule has 0 saturated heterocycles. The van der Waals surface area contributed by atoms with Crippen molar-refractivity contribution in [2.24, 2.45) is 0 Å². The van der Waals surface area contributed by atoms with E-state index in [9.17, 15) is 0 Å². The third kappa shape index (κ3) is 3.11. The monoisotopic (exact) mass is 298 g/mol. The first kappa shape index (κ1) is 14.5. The highest BCUT2D eigenvalue weighted by atomic mass is 32.2. The minimum Gasteiger partial charge on any atom is -0.493 e. The Morgan fingerprint density at radius 1 is 1.14 bits per heavy atom. The number of hydrogen-bond donors (Lipinski definition) is 0. The molecule has 1 aliphatic rings. The van der Waals surface area contributed by atoms with Crippen molar-refractivity contribution in [3.8, 4) is 5.75 Å². The van der Waals surface area contributed by atoms with Gasteiger partial charge in [0.25, 0.3) is 0 Å². The molecule has 1 aliphatic heterocycles. The second-order valence-corrected chi connectivity index (χ2v) is 6.77. The van der Waals surface area contributed by atoms with Crippen LogP contribution < -0.4 is 4.74 Å². The first-order valence-electron chi connectivity index (χ1n) is 7.73. The van der Waals surface area contributed by atoms with Crippen molar-refractivity contribution in [1.82, 2.24) is 0 Å². The fourth-order valence-electron chi connectivity index (χ4n) is 2.80. The Labute approximate surface area is 131 Å². The molecular formula is C19H22OS. The van der Waals surface area contributed by atoms with E-state index in [1.807, 2.05) is 11.8 Å². The molecule has 110 valence electrons. The van der Waals surface area contributed by atoms with Gasteiger partial charge in [0, 0.05) is 16.6 Å². The maximum atomic E-state index is 6.19. The first-order valence-corrected chi connectivity index (χ1v) is 8.71. The largest absolute Gasteiger partial charge is 0.493 e. The molecule has 0 fully saturated rings. The molecule has 0 spiro atoms. The molecule has 1 nitrogen and oxygen atoms in total. The molecule has 21 heavy (non-hydrogen) atoms. The average molecular weight is 298 g/mol. The summed E-state index contributed by atoms with van der Waals surface area (Å²) in [5.41, 5.74) is 2.78. The van der Waals surface area contributed by atoms with E-state index in [4.69, 9.17) is 4.74 Å². The van der Waals surface area contributed by atoms with Crippen molar-refractivity contribution >= 4 is 11.8 Å². The number of thioether (sulfide) groups is 1. The van der Waals surface area contributed by atoms with Gasteiger partial charge >= 0.3 is 0 Å². The van der Waals surface area contributed by atoms with E-state index >= 15 is 0 Å². The van der Waals surface area contributed by atoms with Crippen LogP contribution >= 0.6 is 11.8 Å². The van der Waals surface area contributed by atoms with Crippen LogP contribution in [0.1, 0.15) is 43.2 Å². The van der Waals surface area contributed by atoms with Gasteiger partial charge in [-0.1, -0.05) is 50.2 Å². The zero-order valence-corrected chi connectivity index (χ0v) is 13.5. The number of ether oxygens (including phenoxy) is 1. The average Bonchev–Trinajstić information content (AvgIpc) is 2.96. The topological polar surface area (TPSA) is 9.23 Å². The summed E-state index contributed by atoms with van der Waals surface area (Å²) in [6.07, 6.45) is 1.14. The lowest BCUT2D eigenvalue weighted by molar-refractivity contribution is 0.293. The molecule has 0 aliphatic carbocycles. The van der Waals surface area contributed by atoms with Crippen LogP contribution in [0.3, 0.4) is 0 Å². The molecule has 0 amide bonds. The highest BCUT2D eigenvalue weighted by Gasteiger charge is 2.23. The maximum absolute atomic E-state index is 6.19. The smallest absolute Gasteiger partial charge is 0.122 e. The van der Waals surface area contributed by atoms with Crippen molar-refractivity contribution in [3.05, 3.63) is 59.7 Å². The zero-order chi connectivity index (χ0) is 14.7. The van der Waals surface area contributed by atoms with Crippen molar-refractivity contribution < 1.29 is 4.74 Å². The molecule has 0 bridgehead atoms. The molecular weight excluding hydrogens is 276 g/mol. The maximum Gasteiger partial charge on any atom is 0.122 e. The zero-order valence-electron chi connectivity index (χ0n) is 12.7. The Kier molecular flexibility index (Phi) is 4.54. The summed E-state index contributed by atoms with van der Waals surface area (Å²) in [6, 6.07) is 17.2. The fraction of sp³-hybridized carbons (Fsp3) is 0.368. The van der Waals surface area contributed by atoms with Gasteiger partial charge < -0.3 is 4.74 Å². The van der Waals surface area contributed by atoms with Gasteiger partial charge in [-0.2, -0.15) is 0 Å². The summed E-state index contributed by atoms with van der Waals surface area (Å²) in [7, 11) is 0. The summed E-state index contributed by atoms with van der Waals surface area (Å²) in [5, 5.41) is 0. The van der Waals surface area contributed by atoms with Crippen LogP contribution in [0.4, 0.5) is 0 Å². The molecule has 2 aromatic carbocycles. The standard InChI is InChI=1S/C19H22OS/c1-3-14(2)16-8-4-6-10-18(16)20-12-15-13-21-19-11-7-5-9-17(15)19/h4-11,14-15H,3,12-13H2,1-2H3. The normalized spacial score (nSPS) is 18.3. The van der Waals surface area contributed by atoms with Crippen LogP contribution in [0.15, 0.2) is 53.4 Å². The molecule has 2 aromatic rings. The molecule has 2 heteroatoms. The first-order chi connectivity index (χ1) is 10.3. The van der Waals surface area contributed by atoms with Gasteiger partial charge in [0.15, 0.2) is 0 Å². The summed E-state index contributed by atoms with van der Waals surface area (Å²) in [4.78, 5) is 1.42. The Morgan fingerprint density at radius 2 is 1.90 bits per heavy atom. The van der Waals surface area contributed by atoms with Crippen molar-refractivity contribution in [1.29, 1.82) is 0 Å². The van der Waals surface area contributed by atoms with Gasteiger partial charge in [-0.15, -0.1) is 11.8 Å². The van der Waals surface area contributed by atoms with Crippen LogP contribution in [-0.4, -0.2) is 12.4 Å². The molecule has 3 rings (SSSR count). The minimum absolute atomic E-state index is 0.510. The van der Waals surface area contributed by atoms with Gasteiger partial charge in [0.1, 0.15) is 5.75 Å². The minimum atomic E-state index is 0.510. The van der Waals surface area contributed by atoms with Crippen LogP contribution in [0.25, 0.3) is 0 Å². The Hall–Kier alpha value is -1.41. The number of fused-ring (bicyclic) bond motifs is 1. The Morgan fingerprint density at radius 3 is 2.76 bits per heavy atom. The number of para-hydroxylation sites is 1. The number of rotatable bonds is 5. The Bertz CT molecular complexity index is 608. The second kappa shape index (κ2) is 6.57. The number of hydrogen-bond acceptors (Lipinski definition) is 2. The highest BCUT2D eigenvalue weighted by Crippen LogP contribution is 2.40. The molecule has 0 saturated carbocycles. The van der Waals surface area contributed by atoms with Crippen molar-refractivity contribution in [3.63, 3.8) is 0 Å². The van der Waals surface area contributed by atoms with Gasteiger partial charge in [0.2, 0.25) is 0 Å². The Balaban J connectivity index is 1.72. The summed E-state index contributed by atoms with van der Waals surface area (Å²) in [5.74, 6) is 3.24. The lowest BCUT2D eigenvalue weighted by atomic mass is 9.97. The van der Waals surface area contributed by atoms with E-state index in [-0.39, 0.29) is 0 Å². The third-order valence-electron chi connectivity index (χ3n) is 4.30. The summed E-state index contributed by atoms with van der Waals surface area (Å²) in [6.45, 7) is 5.27. The van der Waals surface area contributed by atoms with E-state index in [1.54, 1.807) is 0 Å². The SMILES string of the molecule is CCC(C)c1ccccc1OCC1CSc2ccccc21. The van der Waals surface area contributed by atoms with Gasteiger partial charge in [-0.3, -0.25) is 0 Å². The molecule has 0 radical (unpaired) electrons. The van der Waals surface area contributed by atoms with Crippen molar-refractivity contribution in [2.45, 2.75) is 37.0 Å². The molecule has 0 N–H and O–H groups in total. The molecule has 2 atom stereocenters. The van der Waals surface area contributed by atoms with Crippen LogP contribution in [0.5, 0.6) is 5.75 Å². The molecule has 1 heterocycles.